The van der Waals surface area contributed by atoms with Gasteiger partial charge in [-0.2, -0.15) is 0 Å². The summed E-state index contributed by atoms with van der Waals surface area (Å²) in [6.45, 7) is 6.08. The van der Waals surface area contributed by atoms with Crippen LogP contribution in [0.1, 0.15) is 32.8 Å². The molecule has 4 heteroatoms. The molecule has 1 aromatic rings. The molecule has 0 aromatic heterocycles. The Bertz CT molecular complexity index is 385. The number of hydrogen-bond donors (Lipinski definition) is 2. The standard InChI is InChI=1S/C15H24N2O2/c1-15(2,3)19-14(18)17-13(9-10-16)11-12-7-5-4-6-8-12/h4-8,13H,9-11,16H2,1-3H3,(H,17,18)/t13-/m1/s1. The van der Waals surface area contributed by atoms with E-state index < -0.39 is 5.60 Å². The predicted molar refractivity (Wildman–Crippen MR) is 77.0 cm³/mol. The molecule has 0 aliphatic carbocycles. The molecule has 4 nitrogen and oxygen atoms in total. The minimum atomic E-state index is -0.482. The molecule has 0 unspecified atom stereocenters. The normalized spacial score (nSPS) is 12.8. The number of alkyl carbamates (subject to hydrolysis) is 1. The Morgan fingerprint density at radius 1 is 1.32 bits per heavy atom. The van der Waals surface area contributed by atoms with Crippen LogP contribution in [0.3, 0.4) is 0 Å². The minimum absolute atomic E-state index is 0.00208. The number of ether oxygens (including phenoxy) is 1. The van der Waals surface area contributed by atoms with Gasteiger partial charge in [0.1, 0.15) is 5.60 Å². The van der Waals surface area contributed by atoms with Gasteiger partial charge >= 0.3 is 6.09 Å². The Balaban J connectivity index is 2.55. The first kappa shape index (κ1) is 15.5. The number of hydrogen-bond acceptors (Lipinski definition) is 3. The van der Waals surface area contributed by atoms with Crippen LogP contribution in [-0.2, 0) is 11.2 Å². The second kappa shape index (κ2) is 7.14. The number of nitrogens with two attached hydrogens (primary N) is 1. The van der Waals surface area contributed by atoms with E-state index in [0.29, 0.717) is 6.54 Å². The predicted octanol–water partition coefficient (Wildman–Crippen LogP) is 2.47. The van der Waals surface area contributed by atoms with Crippen LogP contribution in [-0.4, -0.2) is 24.3 Å². The van der Waals surface area contributed by atoms with Crippen molar-refractivity contribution in [3.8, 4) is 0 Å². The second-order valence-corrected chi connectivity index (χ2v) is 5.61. The molecular formula is C15H24N2O2. The number of nitrogens with one attached hydrogen (secondary N) is 1. The zero-order valence-electron chi connectivity index (χ0n) is 12.0. The van der Waals surface area contributed by atoms with Crippen molar-refractivity contribution >= 4 is 6.09 Å². The Morgan fingerprint density at radius 2 is 1.95 bits per heavy atom. The summed E-state index contributed by atoms with van der Waals surface area (Å²) in [6, 6.07) is 10.0. The summed E-state index contributed by atoms with van der Waals surface area (Å²) in [6.07, 6.45) is 1.10. The maximum Gasteiger partial charge on any atom is 0.407 e. The van der Waals surface area contributed by atoms with E-state index >= 15 is 0 Å². The average molecular weight is 264 g/mol. The molecule has 1 aromatic carbocycles. The van der Waals surface area contributed by atoms with Crippen LogP contribution in [0, 0.1) is 0 Å². The van der Waals surface area contributed by atoms with Crippen molar-refractivity contribution in [2.75, 3.05) is 6.54 Å². The lowest BCUT2D eigenvalue weighted by Crippen LogP contribution is -2.41. The lowest BCUT2D eigenvalue weighted by Gasteiger charge is -2.23. The van der Waals surface area contributed by atoms with E-state index in [1.165, 1.54) is 5.56 Å². The van der Waals surface area contributed by atoms with Crippen LogP contribution in [0.25, 0.3) is 0 Å². The number of amides is 1. The van der Waals surface area contributed by atoms with Gasteiger partial charge in [-0.25, -0.2) is 4.79 Å². The Hall–Kier alpha value is -1.55. The maximum atomic E-state index is 11.8. The van der Waals surface area contributed by atoms with Crippen molar-refractivity contribution in [1.82, 2.24) is 5.32 Å². The largest absolute Gasteiger partial charge is 0.444 e. The number of benzene rings is 1. The zero-order chi connectivity index (χ0) is 14.3. The van der Waals surface area contributed by atoms with Gasteiger partial charge in [-0.15, -0.1) is 0 Å². The van der Waals surface area contributed by atoms with Crippen LogP contribution in [0.4, 0.5) is 4.79 Å². The molecule has 3 N–H and O–H groups in total. The van der Waals surface area contributed by atoms with E-state index in [9.17, 15) is 4.79 Å². The van der Waals surface area contributed by atoms with Gasteiger partial charge in [-0.05, 0) is 45.7 Å². The van der Waals surface area contributed by atoms with E-state index in [1.54, 1.807) is 0 Å². The van der Waals surface area contributed by atoms with Gasteiger partial charge in [0.2, 0.25) is 0 Å². The van der Waals surface area contributed by atoms with Crippen LogP contribution >= 0.6 is 0 Å². The van der Waals surface area contributed by atoms with Crippen LogP contribution in [0.5, 0.6) is 0 Å². The van der Waals surface area contributed by atoms with E-state index in [0.717, 1.165) is 12.8 Å². The first-order valence-corrected chi connectivity index (χ1v) is 6.64. The van der Waals surface area contributed by atoms with E-state index in [4.69, 9.17) is 10.5 Å². The molecule has 1 atom stereocenters. The Labute approximate surface area is 115 Å². The van der Waals surface area contributed by atoms with Gasteiger partial charge in [0, 0.05) is 6.04 Å². The molecule has 0 radical (unpaired) electrons. The van der Waals surface area contributed by atoms with Gasteiger partial charge in [-0.3, -0.25) is 0 Å². The number of carbonyl (C=O) groups excluding carboxylic acids is 1. The SMILES string of the molecule is CC(C)(C)OC(=O)N[C@H](CCN)Cc1ccccc1. The highest BCUT2D eigenvalue weighted by molar-refractivity contribution is 5.68. The molecule has 0 aliphatic rings. The topological polar surface area (TPSA) is 64.3 Å². The van der Waals surface area contributed by atoms with Gasteiger partial charge < -0.3 is 15.8 Å². The van der Waals surface area contributed by atoms with Crippen molar-refractivity contribution in [2.45, 2.75) is 45.3 Å². The Kier molecular flexibility index (Phi) is 5.83. The van der Waals surface area contributed by atoms with Gasteiger partial charge in [0.15, 0.2) is 0 Å². The molecule has 0 fully saturated rings. The molecule has 0 saturated heterocycles. The molecule has 1 amide bonds. The highest BCUT2D eigenvalue weighted by Crippen LogP contribution is 2.09. The highest BCUT2D eigenvalue weighted by Gasteiger charge is 2.19. The van der Waals surface area contributed by atoms with Gasteiger partial charge in [0.25, 0.3) is 0 Å². The van der Waals surface area contributed by atoms with E-state index in [1.807, 2.05) is 51.1 Å². The monoisotopic (exact) mass is 264 g/mol. The lowest BCUT2D eigenvalue weighted by atomic mass is 10.0. The summed E-state index contributed by atoms with van der Waals surface area (Å²) in [7, 11) is 0. The van der Waals surface area contributed by atoms with Crippen molar-refractivity contribution in [3.63, 3.8) is 0 Å². The molecule has 0 saturated carbocycles. The highest BCUT2D eigenvalue weighted by atomic mass is 16.6. The van der Waals surface area contributed by atoms with Crippen LogP contribution in [0.2, 0.25) is 0 Å². The molecule has 0 bridgehead atoms. The first-order chi connectivity index (χ1) is 8.90. The van der Waals surface area contributed by atoms with Crippen molar-refractivity contribution in [3.05, 3.63) is 35.9 Å². The quantitative estimate of drug-likeness (QED) is 0.858. The summed E-state index contributed by atoms with van der Waals surface area (Å²) in [4.78, 5) is 11.8. The third-order valence-electron chi connectivity index (χ3n) is 2.56. The number of rotatable bonds is 5. The van der Waals surface area contributed by atoms with Gasteiger partial charge in [0.05, 0.1) is 0 Å². The van der Waals surface area contributed by atoms with Crippen LogP contribution in [0.15, 0.2) is 30.3 Å². The number of carbonyl (C=O) groups is 1. The van der Waals surface area contributed by atoms with E-state index in [2.05, 4.69) is 5.32 Å². The van der Waals surface area contributed by atoms with E-state index in [-0.39, 0.29) is 12.1 Å². The molecule has 0 spiro atoms. The average Bonchev–Trinajstić information content (AvgIpc) is 2.27. The summed E-state index contributed by atoms with van der Waals surface area (Å²) in [5.41, 5.74) is 6.29. The van der Waals surface area contributed by atoms with Gasteiger partial charge in [-0.1, -0.05) is 30.3 Å². The molecule has 0 aliphatic heterocycles. The third-order valence-corrected chi connectivity index (χ3v) is 2.56. The fourth-order valence-electron chi connectivity index (χ4n) is 1.80. The third kappa shape index (κ3) is 6.82. The summed E-state index contributed by atoms with van der Waals surface area (Å²) < 4.78 is 5.26. The molecule has 1 rings (SSSR count). The fourth-order valence-corrected chi connectivity index (χ4v) is 1.80. The molecule has 106 valence electrons. The fraction of sp³-hybridized carbons (Fsp3) is 0.533. The van der Waals surface area contributed by atoms with Crippen molar-refractivity contribution in [1.29, 1.82) is 0 Å². The van der Waals surface area contributed by atoms with Crippen molar-refractivity contribution in [2.24, 2.45) is 5.73 Å². The molecule has 19 heavy (non-hydrogen) atoms. The maximum absolute atomic E-state index is 11.8. The lowest BCUT2D eigenvalue weighted by molar-refractivity contribution is 0.0502. The summed E-state index contributed by atoms with van der Waals surface area (Å²) in [5, 5.41) is 2.88. The molecular weight excluding hydrogens is 240 g/mol. The summed E-state index contributed by atoms with van der Waals surface area (Å²) >= 11 is 0. The second-order valence-electron chi connectivity index (χ2n) is 5.61. The minimum Gasteiger partial charge on any atom is -0.444 e. The Morgan fingerprint density at radius 3 is 2.47 bits per heavy atom. The van der Waals surface area contributed by atoms with Crippen molar-refractivity contribution < 1.29 is 9.53 Å². The zero-order valence-corrected chi connectivity index (χ0v) is 12.0. The van der Waals surface area contributed by atoms with Crippen LogP contribution < -0.4 is 11.1 Å². The summed E-state index contributed by atoms with van der Waals surface area (Å²) in [5.74, 6) is 0. The smallest absolute Gasteiger partial charge is 0.407 e. The molecule has 0 heterocycles. The first-order valence-electron chi connectivity index (χ1n) is 6.64.